The van der Waals surface area contributed by atoms with Crippen LogP contribution in [0.25, 0.3) is 0 Å². The van der Waals surface area contributed by atoms with Crippen LogP contribution in [0.4, 0.5) is 0 Å². The van der Waals surface area contributed by atoms with Crippen LogP contribution in [0.1, 0.15) is 37.0 Å². The van der Waals surface area contributed by atoms with Crippen molar-refractivity contribution in [3.8, 4) is 0 Å². The van der Waals surface area contributed by atoms with E-state index in [9.17, 15) is 8.42 Å². The number of nitrogens with zero attached hydrogens (tertiary/aromatic N) is 1. The first kappa shape index (κ1) is 24.2. The normalized spacial score (nSPS) is 13.1. The van der Waals surface area contributed by atoms with Crippen LogP contribution in [0.5, 0.6) is 0 Å². The Kier molecular flexibility index (Phi) is 11.3. The molecule has 0 bridgehead atoms. The summed E-state index contributed by atoms with van der Waals surface area (Å²) in [6.45, 7) is 9.68. The molecule has 1 aromatic rings. The van der Waals surface area contributed by atoms with Gasteiger partial charge in [-0.3, -0.25) is 4.99 Å². The van der Waals surface area contributed by atoms with E-state index >= 15 is 0 Å². The predicted octanol–water partition coefficient (Wildman–Crippen LogP) is 2.84. The van der Waals surface area contributed by atoms with Gasteiger partial charge in [-0.25, -0.2) is 8.42 Å². The van der Waals surface area contributed by atoms with Crippen molar-refractivity contribution in [2.24, 2.45) is 4.99 Å². The standard InChI is InChI=1S/C18H31N3O2S.HI/c1-6-19-18(21-16(4)10-12-24(5,22)23)20-11-9-17-8-7-14(2)13-15(17)3;/h7-8,13,16H,6,9-12H2,1-5H3,(H2,19,20,21);1H. The summed E-state index contributed by atoms with van der Waals surface area (Å²) in [5.41, 5.74) is 3.88. The Morgan fingerprint density at radius 1 is 1.28 bits per heavy atom. The summed E-state index contributed by atoms with van der Waals surface area (Å²) in [5.74, 6) is 0.923. The van der Waals surface area contributed by atoms with E-state index in [2.05, 4.69) is 47.7 Å². The van der Waals surface area contributed by atoms with Crippen molar-refractivity contribution in [2.45, 2.75) is 46.6 Å². The number of guanidine groups is 1. The fourth-order valence-corrected chi connectivity index (χ4v) is 3.21. The van der Waals surface area contributed by atoms with Crippen molar-refractivity contribution in [1.29, 1.82) is 0 Å². The van der Waals surface area contributed by atoms with Gasteiger partial charge in [0.15, 0.2) is 5.96 Å². The lowest BCUT2D eigenvalue weighted by atomic mass is 10.0. The highest BCUT2D eigenvalue weighted by Crippen LogP contribution is 2.11. The van der Waals surface area contributed by atoms with Crippen molar-refractivity contribution < 1.29 is 8.42 Å². The highest BCUT2D eigenvalue weighted by molar-refractivity contribution is 14.0. The van der Waals surface area contributed by atoms with E-state index in [4.69, 9.17) is 0 Å². The van der Waals surface area contributed by atoms with Crippen molar-refractivity contribution >= 4 is 39.8 Å². The number of halogens is 1. The smallest absolute Gasteiger partial charge is 0.191 e. The van der Waals surface area contributed by atoms with Gasteiger partial charge in [0, 0.05) is 25.4 Å². The van der Waals surface area contributed by atoms with Crippen LogP contribution in [0.15, 0.2) is 23.2 Å². The zero-order chi connectivity index (χ0) is 18.2. The topological polar surface area (TPSA) is 70.6 Å². The second-order valence-corrected chi connectivity index (χ2v) is 8.66. The molecule has 0 saturated heterocycles. The lowest BCUT2D eigenvalue weighted by Crippen LogP contribution is -2.43. The first-order valence-corrected chi connectivity index (χ1v) is 10.6. The molecule has 5 nitrogen and oxygen atoms in total. The molecule has 0 aliphatic rings. The SMILES string of the molecule is CCNC(=NCCc1ccc(C)cc1C)NC(C)CCS(C)(=O)=O.I. The zero-order valence-corrected chi connectivity index (χ0v) is 19.1. The predicted molar refractivity (Wildman–Crippen MR) is 118 cm³/mol. The summed E-state index contributed by atoms with van der Waals surface area (Å²) in [7, 11) is -2.93. The van der Waals surface area contributed by atoms with Crippen LogP contribution in [-0.2, 0) is 16.3 Å². The first-order chi connectivity index (χ1) is 11.2. The molecule has 2 N–H and O–H groups in total. The maximum atomic E-state index is 11.3. The van der Waals surface area contributed by atoms with E-state index in [1.54, 1.807) is 0 Å². The minimum atomic E-state index is -2.93. The van der Waals surface area contributed by atoms with Crippen molar-refractivity contribution in [3.63, 3.8) is 0 Å². The maximum Gasteiger partial charge on any atom is 0.191 e. The molecule has 0 radical (unpaired) electrons. The van der Waals surface area contributed by atoms with Crippen LogP contribution in [0, 0.1) is 13.8 Å². The van der Waals surface area contributed by atoms with Crippen molar-refractivity contribution in [2.75, 3.05) is 25.1 Å². The molecular weight excluding hydrogens is 449 g/mol. The molecule has 7 heteroatoms. The summed E-state index contributed by atoms with van der Waals surface area (Å²) in [6.07, 6.45) is 2.73. The summed E-state index contributed by atoms with van der Waals surface area (Å²) in [4.78, 5) is 4.60. The molecule has 1 unspecified atom stereocenters. The molecule has 0 aromatic heterocycles. The van der Waals surface area contributed by atoms with Gasteiger partial charge in [-0.05, 0) is 51.7 Å². The fourth-order valence-electron chi connectivity index (χ4n) is 2.43. The van der Waals surface area contributed by atoms with Gasteiger partial charge in [-0.15, -0.1) is 24.0 Å². The van der Waals surface area contributed by atoms with Crippen molar-refractivity contribution in [3.05, 3.63) is 34.9 Å². The molecule has 25 heavy (non-hydrogen) atoms. The van der Waals surface area contributed by atoms with E-state index in [0.29, 0.717) is 13.0 Å². The summed E-state index contributed by atoms with van der Waals surface area (Å²) in [6, 6.07) is 6.53. The van der Waals surface area contributed by atoms with Gasteiger partial charge >= 0.3 is 0 Å². The molecule has 0 aliphatic heterocycles. The zero-order valence-electron chi connectivity index (χ0n) is 15.9. The largest absolute Gasteiger partial charge is 0.357 e. The Morgan fingerprint density at radius 3 is 2.52 bits per heavy atom. The summed E-state index contributed by atoms with van der Waals surface area (Å²) in [5, 5.41) is 6.49. The van der Waals surface area contributed by atoms with Gasteiger partial charge in [0.25, 0.3) is 0 Å². The van der Waals surface area contributed by atoms with Crippen LogP contribution >= 0.6 is 24.0 Å². The number of sulfone groups is 1. The van der Waals surface area contributed by atoms with Gasteiger partial charge < -0.3 is 10.6 Å². The van der Waals surface area contributed by atoms with E-state index < -0.39 is 9.84 Å². The van der Waals surface area contributed by atoms with Crippen LogP contribution < -0.4 is 10.6 Å². The molecule has 1 rings (SSSR count). The Morgan fingerprint density at radius 2 is 1.96 bits per heavy atom. The monoisotopic (exact) mass is 481 g/mol. The Labute approximate surface area is 170 Å². The van der Waals surface area contributed by atoms with Gasteiger partial charge in [-0.1, -0.05) is 23.8 Å². The number of aryl methyl sites for hydroxylation is 2. The lowest BCUT2D eigenvalue weighted by molar-refractivity contribution is 0.581. The molecule has 0 spiro atoms. The second-order valence-electron chi connectivity index (χ2n) is 6.40. The van der Waals surface area contributed by atoms with Gasteiger partial charge in [0.2, 0.25) is 0 Å². The molecule has 1 aromatic carbocycles. The lowest BCUT2D eigenvalue weighted by Gasteiger charge is -2.17. The fraction of sp³-hybridized carbons (Fsp3) is 0.611. The van der Waals surface area contributed by atoms with Crippen LogP contribution in [0.2, 0.25) is 0 Å². The van der Waals surface area contributed by atoms with E-state index in [0.717, 1.165) is 18.9 Å². The highest BCUT2D eigenvalue weighted by Gasteiger charge is 2.09. The van der Waals surface area contributed by atoms with E-state index in [1.165, 1.54) is 22.9 Å². The number of aliphatic imine (C=N–C) groups is 1. The molecule has 144 valence electrons. The molecule has 0 amide bonds. The quantitative estimate of drug-likeness (QED) is 0.341. The van der Waals surface area contributed by atoms with Crippen LogP contribution in [0.3, 0.4) is 0 Å². The number of benzene rings is 1. The minimum absolute atomic E-state index is 0. The Hall–Kier alpha value is -0.830. The molecule has 0 fully saturated rings. The minimum Gasteiger partial charge on any atom is -0.357 e. The van der Waals surface area contributed by atoms with Gasteiger partial charge in [0.05, 0.1) is 5.75 Å². The van der Waals surface area contributed by atoms with Crippen molar-refractivity contribution in [1.82, 2.24) is 10.6 Å². The molecule has 1 atom stereocenters. The number of rotatable bonds is 8. The maximum absolute atomic E-state index is 11.3. The molecule has 0 aliphatic carbocycles. The second kappa shape index (κ2) is 11.7. The third-order valence-electron chi connectivity index (χ3n) is 3.80. The van der Waals surface area contributed by atoms with E-state index in [1.807, 2.05) is 13.8 Å². The third kappa shape index (κ3) is 10.7. The molecule has 0 heterocycles. The number of hydrogen-bond acceptors (Lipinski definition) is 3. The highest BCUT2D eigenvalue weighted by atomic mass is 127. The Bertz CT molecular complexity index is 660. The molecular formula is C18H32IN3O2S. The first-order valence-electron chi connectivity index (χ1n) is 8.50. The van der Waals surface area contributed by atoms with Crippen LogP contribution in [-0.4, -0.2) is 45.5 Å². The average molecular weight is 481 g/mol. The van der Waals surface area contributed by atoms with E-state index in [-0.39, 0.29) is 35.8 Å². The summed E-state index contributed by atoms with van der Waals surface area (Å²) < 4.78 is 22.5. The Balaban J connectivity index is 0.00000576. The number of nitrogens with one attached hydrogen (secondary N) is 2. The average Bonchev–Trinajstić information content (AvgIpc) is 2.47. The number of hydrogen-bond donors (Lipinski definition) is 2. The molecule has 0 saturated carbocycles. The third-order valence-corrected chi connectivity index (χ3v) is 4.78. The van der Waals surface area contributed by atoms with Gasteiger partial charge in [-0.2, -0.15) is 0 Å². The van der Waals surface area contributed by atoms with Gasteiger partial charge in [0.1, 0.15) is 9.84 Å². The summed E-state index contributed by atoms with van der Waals surface area (Å²) >= 11 is 0.